The number of benzene rings is 1. The van der Waals surface area contributed by atoms with E-state index in [-0.39, 0.29) is 36.4 Å². The van der Waals surface area contributed by atoms with Crippen LogP contribution in [0.25, 0.3) is 0 Å². The van der Waals surface area contributed by atoms with Crippen LogP contribution in [0.15, 0.2) is 24.3 Å². The third kappa shape index (κ3) is 4.64. The van der Waals surface area contributed by atoms with Gasteiger partial charge in [-0.25, -0.2) is 0 Å². The summed E-state index contributed by atoms with van der Waals surface area (Å²) < 4.78 is 5.70. The first kappa shape index (κ1) is 25.2. The van der Waals surface area contributed by atoms with E-state index in [0.29, 0.717) is 24.9 Å². The summed E-state index contributed by atoms with van der Waals surface area (Å²) in [5.74, 6) is -0.447. The summed E-state index contributed by atoms with van der Waals surface area (Å²) in [4.78, 5) is 46.3. The molecule has 9 nitrogen and oxygen atoms in total. The monoisotopic (exact) mass is 497 g/mol. The third-order valence-corrected chi connectivity index (χ3v) is 8.44. The second kappa shape index (κ2) is 10.5. The Labute approximate surface area is 213 Å². The molecule has 36 heavy (non-hydrogen) atoms. The Balaban J connectivity index is 1.27. The molecule has 4 aliphatic rings. The first-order valence-corrected chi connectivity index (χ1v) is 13.5. The van der Waals surface area contributed by atoms with Crippen molar-refractivity contribution in [1.82, 2.24) is 20.4 Å². The number of fused-ring (bicyclic) bond motifs is 1. The van der Waals surface area contributed by atoms with Gasteiger partial charge in [0.1, 0.15) is 24.3 Å². The zero-order valence-corrected chi connectivity index (χ0v) is 21.5. The van der Waals surface area contributed by atoms with Gasteiger partial charge in [0.05, 0.1) is 6.04 Å². The highest BCUT2D eigenvalue weighted by Crippen LogP contribution is 2.36. The van der Waals surface area contributed by atoms with Crippen molar-refractivity contribution in [3.05, 3.63) is 29.8 Å². The van der Waals surface area contributed by atoms with Crippen molar-refractivity contribution < 1.29 is 19.1 Å². The van der Waals surface area contributed by atoms with Crippen LogP contribution in [-0.2, 0) is 14.3 Å². The Kier molecular flexibility index (Phi) is 7.32. The van der Waals surface area contributed by atoms with Crippen molar-refractivity contribution >= 4 is 23.3 Å². The third-order valence-electron chi connectivity index (χ3n) is 8.44. The normalized spacial score (nSPS) is 27.9. The highest BCUT2D eigenvalue weighted by atomic mass is 16.5. The minimum Gasteiger partial charge on any atom is -0.369 e. The van der Waals surface area contributed by atoms with Crippen LogP contribution in [0.5, 0.6) is 0 Å². The van der Waals surface area contributed by atoms with Gasteiger partial charge in [-0.05, 0) is 57.1 Å². The molecule has 3 heterocycles. The molecule has 3 aliphatic heterocycles. The quantitative estimate of drug-likeness (QED) is 0.581. The van der Waals surface area contributed by atoms with Gasteiger partial charge in [-0.3, -0.25) is 19.3 Å². The fourth-order valence-corrected chi connectivity index (χ4v) is 6.42. The van der Waals surface area contributed by atoms with Crippen molar-refractivity contribution in [2.45, 2.75) is 62.8 Å². The van der Waals surface area contributed by atoms with E-state index in [1.54, 1.807) is 4.90 Å². The number of nitrogens with one attached hydrogen (secondary N) is 2. The lowest BCUT2D eigenvalue weighted by Gasteiger charge is -2.36. The Morgan fingerprint density at radius 1 is 1.08 bits per heavy atom. The Hall–Kier alpha value is -2.49. The lowest BCUT2D eigenvalue weighted by molar-refractivity contribution is -0.142. The number of nitrogens with zero attached hydrogens (tertiary/aromatic N) is 3. The molecule has 1 saturated carbocycles. The van der Waals surface area contributed by atoms with Gasteiger partial charge < -0.3 is 25.2 Å². The number of ketones is 1. The maximum atomic E-state index is 13.9. The predicted molar refractivity (Wildman–Crippen MR) is 137 cm³/mol. The molecule has 9 heteroatoms. The van der Waals surface area contributed by atoms with Crippen molar-refractivity contribution in [3.8, 4) is 0 Å². The average molecular weight is 498 g/mol. The fraction of sp³-hybridized carbons (Fsp3) is 0.667. The molecule has 3 atom stereocenters. The molecule has 3 saturated heterocycles. The number of anilines is 1. The number of carbonyl (C=O) groups is 3. The molecule has 0 spiro atoms. The number of Topliss-reactive ketones (excluding diaryl/α,β-unsaturated/α-hetero) is 1. The number of carbonyl (C=O) groups excluding carboxylic acids is 3. The molecule has 1 aromatic carbocycles. The zero-order chi connectivity index (χ0) is 25.3. The van der Waals surface area contributed by atoms with Crippen molar-refractivity contribution in [3.63, 3.8) is 0 Å². The Morgan fingerprint density at radius 2 is 1.78 bits per heavy atom. The molecular formula is C27H39N5O4. The number of rotatable bonds is 7. The molecule has 1 aromatic rings. The smallest absolute Gasteiger partial charge is 0.252 e. The van der Waals surface area contributed by atoms with Crippen LogP contribution >= 0.6 is 0 Å². The van der Waals surface area contributed by atoms with E-state index >= 15 is 0 Å². The molecule has 5 rings (SSSR count). The number of hydrogen-bond donors (Lipinski definition) is 2. The number of likely N-dealkylation sites (N-methyl/N-ethyl adjacent to an activating group) is 1. The van der Waals surface area contributed by atoms with Crippen LogP contribution < -0.4 is 15.5 Å². The van der Waals surface area contributed by atoms with Gasteiger partial charge >= 0.3 is 0 Å². The molecule has 0 bridgehead atoms. The van der Waals surface area contributed by atoms with E-state index in [1.807, 2.05) is 31.3 Å². The lowest BCUT2D eigenvalue weighted by Crippen LogP contribution is -2.60. The highest BCUT2D eigenvalue weighted by molar-refractivity contribution is 6.01. The molecule has 196 valence electrons. The number of piperazine rings is 1. The number of amides is 2. The SMILES string of the molecule is CCCN1CCN(c2ccc(C(=O)NC3(C(=O)N4C[C@H](NC)[C@H]5OCC(=O)[C@H]54)CCCC3)cc2)CC1. The van der Waals surface area contributed by atoms with Gasteiger partial charge in [0.25, 0.3) is 5.91 Å². The minimum absolute atomic E-state index is 0.0383. The van der Waals surface area contributed by atoms with Crippen LogP contribution in [-0.4, -0.2) is 104 Å². The second-order valence-electron chi connectivity index (χ2n) is 10.7. The van der Waals surface area contributed by atoms with Gasteiger partial charge in [0.15, 0.2) is 5.78 Å². The van der Waals surface area contributed by atoms with Gasteiger partial charge in [-0.15, -0.1) is 0 Å². The van der Waals surface area contributed by atoms with E-state index in [1.165, 1.54) is 6.42 Å². The first-order valence-electron chi connectivity index (χ1n) is 13.5. The Bertz CT molecular complexity index is 969. The van der Waals surface area contributed by atoms with Crippen molar-refractivity contribution in [1.29, 1.82) is 0 Å². The predicted octanol–water partition coefficient (Wildman–Crippen LogP) is 1.03. The largest absolute Gasteiger partial charge is 0.369 e. The van der Waals surface area contributed by atoms with E-state index in [9.17, 15) is 14.4 Å². The molecule has 0 radical (unpaired) electrons. The first-order chi connectivity index (χ1) is 17.5. The fourth-order valence-electron chi connectivity index (χ4n) is 6.42. The molecule has 0 aromatic heterocycles. The summed E-state index contributed by atoms with van der Waals surface area (Å²) in [6.07, 6.45) is 3.77. The molecule has 4 fully saturated rings. The summed E-state index contributed by atoms with van der Waals surface area (Å²) in [6.45, 7) is 7.88. The number of hydrogen-bond acceptors (Lipinski definition) is 7. The van der Waals surface area contributed by atoms with E-state index < -0.39 is 11.6 Å². The maximum Gasteiger partial charge on any atom is 0.252 e. The second-order valence-corrected chi connectivity index (χ2v) is 10.7. The summed E-state index contributed by atoms with van der Waals surface area (Å²) in [7, 11) is 1.82. The zero-order valence-electron chi connectivity index (χ0n) is 21.5. The van der Waals surface area contributed by atoms with Crippen molar-refractivity contribution in [2.75, 3.05) is 57.8 Å². The molecule has 2 N–H and O–H groups in total. The number of ether oxygens (including phenoxy) is 1. The summed E-state index contributed by atoms with van der Waals surface area (Å²) >= 11 is 0. The molecule has 0 unspecified atom stereocenters. The van der Waals surface area contributed by atoms with Gasteiger partial charge in [-0.2, -0.15) is 0 Å². The summed E-state index contributed by atoms with van der Waals surface area (Å²) in [5, 5.41) is 6.30. The maximum absolute atomic E-state index is 13.9. The topological polar surface area (TPSA) is 94.2 Å². The highest BCUT2D eigenvalue weighted by Gasteiger charge is 2.56. The lowest BCUT2D eigenvalue weighted by atomic mass is 9.93. The molecule has 1 aliphatic carbocycles. The van der Waals surface area contributed by atoms with Crippen LogP contribution in [0.1, 0.15) is 49.4 Å². The molecule has 2 amide bonds. The van der Waals surface area contributed by atoms with E-state index in [2.05, 4.69) is 27.4 Å². The van der Waals surface area contributed by atoms with Crippen LogP contribution in [0, 0.1) is 0 Å². The van der Waals surface area contributed by atoms with E-state index in [4.69, 9.17) is 4.74 Å². The van der Waals surface area contributed by atoms with Crippen LogP contribution in [0.4, 0.5) is 5.69 Å². The minimum atomic E-state index is -0.971. The summed E-state index contributed by atoms with van der Waals surface area (Å²) in [6, 6.07) is 7.06. The van der Waals surface area contributed by atoms with Gasteiger partial charge in [0.2, 0.25) is 5.91 Å². The average Bonchev–Trinajstić information content (AvgIpc) is 3.62. The van der Waals surface area contributed by atoms with E-state index in [0.717, 1.165) is 51.3 Å². The molecular weight excluding hydrogens is 458 g/mol. The van der Waals surface area contributed by atoms with Gasteiger partial charge in [0, 0.05) is 44.0 Å². The number of likely N-dealkylation sites (tertiary alicyclic amines) is 1. The Morgan fingerprint density at radius 3 is 2.42 bits per heavy atom. The van der Waals surface area contributed by atoms with Crippen LogP contribution in [0.3, 0.4) is 0 Å². The summed E-state index contributed by atoms with van der Waals surface area (Å²) in [5.41, 5.74) is 0.701. The van der Waals surface area contributed by atoms with Gasteiger partial charge in [-0.1, -0.05) is 19.8 Å². The van der Waals surface area contributed by atoms with Crippen molar-refractivity contribution in [2.24, 2.45) is 0 Å². The standard InChI is InChI=1S/C27H39N5O4/c1-3-12-30-13-15-31(16-14-30)20-8-6-19(7-9-20)25(34)29-27(10-4-5-11-27)26(35)32-17-21(28-2)24-23(32)22(33)18-36-24/h6-9,21,23-24,28H,3-5,10-18H2,1-2H3,(H,29,34)/t21-,23+,24+/m0/s1. The van der Waals surface area contributed by atoms with Crippen LogP contribution in [0.2, 0.25) is 0 Å².